The summed E-state index contributed by atoms with van der Waals surface area (Å²) in [5.41, 5.74) is 1.76. The van der Waals surface area contributed by atoms with Crippen LogP contribution in [0.1, 0.15) is 0 Å². The number of benzene rings is 2. The third-order valence-electron chi connectivity index (χ3n) is 2.82. The number of aromatic nitrogens is 4. The van der Waals surface area contributed by atoms with Gasteiger partial charge in [0, 0.05) is 10.0 Å². The molecule has 0 fully saturated rings. The Hall–Kier alpha value is -2.21. The highest BCUT2D eigenvalue weighted by molar-refractivity contribution is 9.10. The van der Waals surface area contributed by atoms with Gasteiger partial charge in [0.05, 0.1) is 12.8 Å². The Morgan fingerprint density at radius 2 is 1.70 bits per heavy atom. The zero-order valence-electron chi connectivity index (χ0n) is 10.7. The SMILES string of the molecule is COc1ccc(-c2nnn(-c3ccc(Br)cc3)n2)cc1. The summed E-state index contributed by atoms with van der Waals surface area (Å²) in [6.45, 7) is 0. The van der Waals surface area contributed by atoms with Crippen LogP contribution >= 0.6 is 15.9 Å². The molecular formula is C14H11BrN4O. The van der Waals surface area contributed by atoms with Gasteiger partial charge in [0.1, 0.15) is 5.75 Å². The number of hydrogen-bond acceptors (Lipinski definition) is 4. The third-order valence-corrected chi connectivity index (χ3v) is 3.35. The fraction of sp³-hybridized carbons (Fsp3) is 0.0714. The van der Waals surface area contributed by atoms with Crippen molar-refractivity contribution in [2.45, 2.75) is 0 Å². The summed E-state index contributed by atoms with van der Waals surface area (Å²) in [6.07, 6.45) is 0. The van der Waals surface area contributed by atoms with E-state index < -0.39 is 0 Å². The standard InChI is InChI=1S/C14H11BrN4O/c1-20-13-8-2-10(3-9-13)14-16-18-19(17-14)12-6-4-11(15)5-7-12/h2-9H,1H3. The predicted molar refractivity (Wildman–Crippen MR) is 78.8 cm³/mol. The first-order valence-corrected chi connectivity index (χ1v) is 6.76. The molecule has 3 rings (SSSR count). The molecule has 0 atom stereocenters. The van der Waals surface area contributed by atoms with Gasteiger partial charge in [-0.3, -0.25) is 0 Å². The van der Waals surface area contributed by atoms with E-state index in [1.54, 1.807) is 7.11 Å². The summed E-state index contributed by atoms with van der Waals surface area (Å²) < 4.78 is 6.14. The molecule has 0 unspecified atom stereocenters. The van der Waals surface area contributed by atoms with Gasteiger partial charge in [-0.2, -0.15) is 0 Å². The summed E-state index contributed by atoms with van der Waals surface area (Å²) in [7, 11) is 1.64. The van der Waals surface area contributed by atoms with Crippen LogP contribution in [-0.4, -0.2) is 27.3 Å². The molecule has 2 aromatic carbocycles. The lowest BCUT2D eigenvalue weighted by molar-refractivity contribution is 0.415. The third kappa shape index (κ3) is 2.55. The molecule has 1 heterocycles. The van der Waals surface area contributed by atoms with Crippen molar-refractivity contribution in [3.63, 3.8) is 0 Å². The maximum Gasteiger partial charge on any atom is 0.205 e. The number of halogens is 1. The largest absolute Gasteiger partial charge is 0.497 e. The molecule has 0 aliphatic carbocycles. The van der Waals surface area contributed by atoms with Gasteiger partial charge in [-0.25, -0.2) is 0 Å². The Kier molecular flexibility index (Phi) is 3.47. The highest BCUT2D eigenvalue weighted by atomic mass is 79.9. The summed E-state index contributed by atoms with van der Waals surface area (Å²) in [4.78, 5) is 1.51. The Labute approximate surface area is 124 Å². The lowest BCUT2D eigenvalue weighted by Gasteiger charge is -1.99. The second kappa shape index (κ2) is 5.42. The van der Waals surface area contributed by atoms with Gasteiger partial charge in [0.2, 0.25) is 5.82 Å². The molecule has 0 aliphatic heterocycles. The molecule has 0 radical (unpaired) electrons. The van der Waals surface area contributed by atoms with E-state index in [4.69, 9.17) is 4.74 Å². The molecule has 0 N–H and O–H groups in total. The van der Waals surface area contributed by atoms with E-state index in [0.717, 1.165) is 21.5 Å². The predicted octanol–water partition coefficient (Wildman–Crippen LogP) is 3.10. The fourth-order valence-electron chi connectivity index (χ4n) is 1.75. The van der Waals surface area contributed by atoms with Crippen molar-refractivity contribution in [3.8, 4) is 22.8 Å². The number of ether oxygens (including phenoxy) is 1. The summed E-state index contributed by atoms with van der Waals surface area (Å²) >= 11 is 3.40. The normalized spacial score (nSPS) is 10.5. The van der Waals surface area contributed by atoms with Crippen LogP contribution in [0.3, 0.4) is 0 Å². The lowest BCUT2D eigenvalue weighted by Crippen LogP contribution is -1.98. The topological polar surface area (TPSA) is 52.8 Å². The molecule has 0 spiro atoms. The Morgan fingerprint density at radius 1 is 1.00 bits per heavy atom. The molecule has 0 saturated carbocycles. The van der Waals surface area contributed by atoms with Crippen LogP contribution in [-0.2, 0) is 0 Å². The van der Waals surface area contributed by atoms with E-state index in [-0.39, 0.29) is 0 Å². The van der Waals surface area contributed by atoms with Gasteiger partial charge in [0.25, 0.3) is 0 Å². The van der Waals surface area contributed by atoms with E-state index in [2.05, 4.69) is 31.3 Å². The van der Waals surface area contributed by atoms with Crippen LogP contribution in [0.15, 0.2) is 53.0 Å². The zero-order valence-corrected chi connectivity index (χ0v) is 12.3. The van der Waals surface area contributed by atoms with Crippen LogP contribution in [0.4, 0.5) is 0 Å². The Balaban J connectivity index is 1.91. The summed E-state index contributed by atoms with van der Waals surface area (Å²) in [5, 5.41) is 12.5. The monoisotopic (exact) mass is 330 g/mol. The quantitative estimate of drug-likeness (QED) is 0.740. The van der Waals surface area contributed by atoms with Gasteiger partial charge >= 0.3 is 0 Å². The van der Waals surface area contributed by atoms with Crippen molar-refractivity contribution >= 4 is 15.9 Å². The second-order valence-corrected chi connectivity index (χ2v) is 5.02. The first kappa shape index (κ1) is 12.8. The smallest absolute Gasteiger partial charge is 0.205 e. The minimum atomic E-state index is 0.579. The Bertz CT molecular complexity index is 707. The number of methoxy groups -OCH3 is 1. The number of hydrogen-bond donors (Lipinski definition) is 0. The summed E-state index contributed by atoms with van der Waals surface area (Å²) in [6, 6.07) is 15.3. The first-order valence-electron chi connectivity index (χ1n) is 5.96. The number of rotatable bonds is 3. The van der Waals surface area contributed by atoms with Crippen molar-refractivity contribution in [1.82, 2.24) is 20.2 Å². The molecule has 6 heteroatoms. The van der Waals surface area contributed by atoms with Gasteiger partial charge < -0.3 is 4.74 Å². The number of nitrogens with zero attached hydrogens (tertiary/aromatic N) is 4. The van der Waals surface area contributed by atoms with Crippen LogP contribution in [0, 0.1) is 0 Å². The van der Waals surface area contributed by atoms with E-state index >= 15 is 0 Å². The minimum Gasteiger partial charge on any atom is -0.497 e. The average molecular weight is 331 g/mol. The molecule has 100 valence electrons. The molecule has 0 saturated heterocycles. The molecule has 20 heavy (non-hydrogen) atoms. The van der Waals surface area contributed by atoms with Crippen molar-refractivity contribution in [1.29, 1.82) is 0 Å². The molecule has 5 nitrogen and oxygen atoms in total. The minimum absolute atomic E-state index is 0.579. The second-order valence-electron chi connectivity index (χ2n) is 4.11. The van der Waals surface area contributed by atoms with Crippen LogP contribution in [0.5, 0.6) is 5.75 Å². The highest BCUT2D eigenvalue weighted by Crippen LogP contribution is 2.19. The molecule has 0 amide bonds. The van der Waals surface area contributed by atoms with Crippen LogP contribution < -0.4 is 4.74 Å². The molecular weight excluding hydrogens is 320 g/mol. The van der Waals surface area contributed by atoms with E-state index in [1.807, 2.05) is 48.5 Å². The van der Waals surface area contributed by atoms with Gasteiger partial charge in [-0.05, 0) is 53.7 Å². The van der Waals surface area contributed by atoms with E-state index in [9.17, 15) is 0 Å². The maximum atomic E-state index is 5.12. The van der Waals surface area contributed by atoms with Gasteiger partial charge in [0.15, 0.2) is 0 Å². The van der Waals surface area contributed by atoms with E-state index in [0.29, 0.717) is 5.82 Å². The van der Waals surface area contributed by atoms with Crippen LogP contribution in [0.25, 0.3) is 17.1 Å². The average Bonchev–Trinajstić information content (AvgIpc) is 2.98. The first-order chi connectivity index (χ1) is 9.76. The zero-order chi connectivity index (χ0) is 13.9. The van der Waals surface area contributed by atoms with Crippen molar-refractivity contribution in [2.75, 3.05) is 7.11 Å². The highest BCUT2D eigenvalue weighted by Gasteiger charge is 2.07. The molecule has 0 aliphatic rings. The van der Waals surface area contributed by atoms with Gasteiger partial charge in [-0.15, -0.1) is 15.0 Å². The van der Waals surface area contributed by atoms with E-state index in [1.165, 1.54) is 4.80 Å². The number of tetrazole rings is 1. The lowest BCUT2D eigenvalue weighted by atomic mass is 10.2. The van der Waals surface area contributed by atoms with Crippen molar-refractivity contribution < 1.29 is 4.74 Å². The van der Waals surface area contributed by atoms with Gasteiger partial charge in [-0.1, -0.05) is 15.9 Å². The van der Waals surface area contributed by atoms with Crippen molar-refractivity contribution in [3.05, 3.63) is 53.0 Å². The molecule has 0 bridgehead atoms. The van der Waals surface area contributed by atoms with Crippen LogP contribution in [0.2, 0.25) is 0 Å². The van der Waals surface area contributed by atoms with Crippen molar-refractivity contribution in [2.24, 2.45) is 0 Å². The maximum absolute atomic E-state index is 5.12. The Morgan fingerprint density at radius 3 is 2.35 bits per heavy atom. The molecule has 1 aromatic heterocycles. The summed E-state index contributed by atoms with van der Waals surface area (Å²) in [5.74, 6) is 1.38. The fourth-order valence-corrected chi connectivity index (χ4v) is 2.02. The molecule has 3 aromatic rings.